The molecule has 1 aromatic heterocycles. The van der Waals surface area contributed by atoms with Gasteiger partial charge in [0.1, 0.15) is 4.58 Å². The molecule has 3 rings (SSSR count). The van der Waals surface area contributed by atoms with Crippen LogP contribution in [0.1, 0.15) is 12.0 Å². The van der Waals surface area contributed by atoms with E-state index in [1.165, 1.54) is 11.8 Å². The van der Waals surface area contributed by atoms with Gasteiger partial charge in [-0.3, -0.25) is 0 Å². The monoisotopic (exact) mass is 369 g/mol. The molecule has 128 valence electrons. The van der Waals surface area contributed by atoms with Crippen molar-refractivity contribution in [3.8, 4) is 0 Å². The second-order valence-electron chi connectivity index (χ2n) is 5.60. The topological polar surface area (TPSA) is 47.0 Å². The summed E-state index contributed by atoms with van der Waals surface area (Å²) < 4.78 is 25.6. The van der Waals surface area contributed by atoms with Crippen molar-refractivity contribution in [2.45, 2.75) is 27.3 Å². The average molecular weight is 370 g/mol. The molecule has 3 aromatic rings. The highest BCUT2D eigenvalue weighted by Gasteiger charge is 2.28. The van der Waals surface area contributed by atoms with Crippen molar-refractivity contribution >= 4 is 21.6 Å². The molecule has 2 aromatic carbocycles. The van der Waals surface area contributed by atoms with Gasteiger partial charge in [-0.15, -0.1) is 0 Å². The van der Waals surface area contributed by atoms with E-state index in [1.807, 2.05) is 54.6 Å². The summed E-state index contributed by atoms with van der Waals surface area (Å²) in [6.45, 7) is 0. The van der Waals surface area contributed by atoms with Crippen molar-refractivity contribution in [3.63, 3.8) is 0 Å². The Labute approximate surface area is 153 Å². The number of hydrogen-bond acceptors (Lipinski definition) is 4. The zero-order valence-electron chi connectivity index (χ0n) is 13.7. The van der Waals surface area contributed by atoms with Crippen LogP contribution in [0.25, 0.3) is 0 Å². The SMILES string of the molecule is O=S(=O)(c1ccccc1)C(CCc1ccccc1)Sc1ccccn1. The number of thioether (sulfide) groups is 1. The number of nitrogens with zero attached hydrogens (tertiary/aromatic N) is 1. The van der Waals surface area contributed by atoms with Gasteiger partial charge in [-0.2, -0.15) is 0 Å². The Bertz CT molecular complexity index is 883. The van der Waals surface area contributed by atoms with Crippen molar-refractivity contribution in [2.24, 2.45) is 0 Å². The first-order chi connectivity index (χ1) is 12.2. The molecule has 5 heteroatoms. The highest BCUT2D eigenvalue weighted by atomic mass is 32.3. The highest BCUT2D eigenvalue weighted by Crippen LogP contribution is 2.32. The van der Waals surface area contributed by atoms with E-state index in [1.54, 1.807) is 30.5 Å². The van der Waals surface area contributed by atoms with E-state index in [2.05, 4.69) is 4.98 Å². The van der Waals surface area contributed by atoms with Gasteiger partial charge in [-0.05, 0) is 42.7 Å². The van der Waals surface area contributed by atoms with Gasteiger partial charge in [0, 0.05) is 6.20 Å². The van der Waals surface area contributed by atoms with Crippen LogP contribution >= 0.6 is 11.8 Å². The van der Waals surface area contributed by atoms with Crippen LogP contribution in [0.3, 0.4) is 0 Å². The molecular weight excluding hydrogens is 350 g/mol. The minimum Gasteiger partial charge on any atom is -0.250 e. The molecule has 0 amide bonds. The molecule has 25 heavy (non-hydrogen) atoms. The molecule has 0 aliphatic carbocycles. The summed E-state index contributed by atoms with van der Waals surface area (Å²) in [5.74, 6) is 0. The van der Waals surface area contributed by atoms with Crippen LogP contribution in [0.4, 0.5) is 0 Å². The minimum atomic E-state index is -3.45. The van der Waals surface area contributed by atoms with E-state index < -0.39 is 14.4 Å². The van der Waals surface area contributed by atoms with Crippen molar-refractivity contribution in [3.05, 3.63) is 90.6 Å². The van der Waals surface area contributed by atoms with E-state index in [-0.39, 0.29) is 0 Å². The van der Waals surface area contributed by atoms with Gasteiger partial charge in [0.05, 0.1) is 9.92 Å². The molecule has 0 bridgehead atoms. The van der Waals surface area contributed by atoms with Gasteiger partial charge in [0.2, 0.25) is 0 Å². The van der Waals surface area contributed by atoms with E-state index >= 15 is 0 Å². The third-order valence-electron chi connectivity index (χ3n) is 3.82. The first-order valence-electron chi connectivity index (χ1n) is 8.07. The second kappa shape index (κ2) is 8.32. The van der Waals surface area contributed by atoms with Crippen molar-refractivity contribution in [1.82, 2.24) is 4.98 Å². The van der Waals surface area contributed by atoms with Gasteiger partial charge >= 0.3 is 0 Å². The number of pyridine rings is 1. The van der Waals surface area contributed by atoms with Crippen LogP contribution in [0.2, 0.25) is 0 Å². The average Bonchev–Trinajstić information content (AvgIpc) is 2.67. The number of rotatable bonds is 7. The fraction of sp³-hybridized carbons (Fsp3) is 0.150. The summed E-state index contributed by atoms with van der Waals surface area (Å²) in [5, 5.41) is 0.722. The fourth-order valence-corrected chi connectivity index (χ4v) is 5.71. The summed E-state index contributed by atoms with van der Waals surface area (Å²) in [4.78, 5) is 4.64. The molecule has 0 spiro atoms. The molecule has 1 unspecified atom stereocenters. The van der Waals surface area contributed by atoms with Gasteiger partial charge < -0.3 is 0 Å². The second-order valence-corrected chi connectivity index (χ2v) is 9.25. The molecule has 0 saturated carbocycles. The van der Waals surface area contributed by atoms with E-state index in [4.69, 9.17) is 0 Å². The summed E-state index contributed by atoms with van der Waals surface area (Å²) in [6.07, 6.45) is 2.92. The van der Waals surface area contributed by atoms with Gasteiger partial charge in [0.15, 0.2) is 9.84 Å². The molecule has 0 N–H and O–H groups in total. The van der Waals surface area contributed by atoms with Crippen LogP contribution in [0.5, 0.6) is 0 Å². The molecular formula is C20H19NO2S2. The predicted molar refractivity (Wildman–Crippen MR) is 102 cm³/mol. The van der Waals surface area contributed by atoms with Crippen LogP contribution < -0.4 is 0 Å². The van der Waals surface area contributed by atoms with E-state index in [0.29, 0.717) is 17.7 Å². The summed E-state index contributed by atoms with van der Waals surface area (Å²) in [7, 11) is -3.45. The lowest BCUT2D eigenvalue weighted by Crippen LogP contribution is -2.19. The molecule has 1 heterocycles. The largest absolute Gasteiger partial charge is 0.250 e. The Morgan fingerprint density at radius 1 is 0.840 bits per heavy atom. The zero-order valence-corrected chi connectivity index (χ0v) is 15.3. The van der Waals surface area contributed by atoms with Gasteiger partial charge in [0.25, 0.3) is 0 Å². The molecule has 0 aliphatic heterocycles. The molecule has 1 atom stereocenters. The van der Waals surface area contributed by atoms with E-state index in [0.717, 1.165) is 10.6 Å². The lowest BCUT2D eigenvalue weighted by molar-refractivity contribution is 0.589. The third kappa shape index (κ3) is 4.71. The number of aromatic nitrogens is 1. The lowest BCUT2D eigenvalue weighted by atomic mass is 10.1. The first kappa shape index (κ1) is 17.7. The highest BCUT2D eigenvalue weighted by molar-refractivity contribution is 8.13. The number of sulfone groups is 1. The summed E-state index contributed by atoms with van der Waals surface area (Å²) >= 11 is 1.31. The van der Waals surface area contributed by atoms with Gasteiger partial charge in [-0.25, -0.2) is 13.4 Å². The fourth-order valence-electron chi connectivity index (χ4n) is 2.52. The Morgan fingerprint density at radius 2 is 1.48 bits per heavy atom. The third-order valence-corrected chi connectivity index (χ3v) is 7.71. The lowest BCUT2D eigenvalue weighted by Gasteiger charge is -2.17. The molecule has 0 radical (unpaired) electrons. The van der Waals surface area contributed by atoms with Gasteiger partial charge in [-0.1, -0.05) is 66.4 Å². The standard InChI is InChI=1S/C20H19NO2S2/c22-25(23,18-11-5-2-6-12-18)20(24-19-13-7-8-16-21-19)15-14-17-9-3-1-4-10-17/h1-13,16,20H,14-15H2. The smallest absolute Gasteiger partial charge is 0.190 e. The minimum absolute atomic E-state index is 0.358. The maximum absolute atomic E-state index is 13.1. The Morgan fingerprint density at radius 3 is 2.12 bits per heavy atom. The Hall–Kier alpha value is -2.11. The van der Waals surface area contributed by atoms with Crippen LogP contribution in [-0.4, -0.2) is 18.0 Å². The van der Waals surface area contributed by atoms with Crippen molar-refractivity contribution in [2.75, 3.05) is 0 Å². The predicted octanol–water partition coefficient (Wildman–Crippen LogP) is 4.61. The molecule has 0 fully saturated rings. The molecule has 0 aliphatic rings. The number of benzene rings is 2. The quantitative estimate of drug-likeness (QED) is 0.571. The normalized spacial score (nSPS) is 12.6. The number of hydrogen-bond donors (Lipinski definition) is 0. The molecule has 0 saturated heterocycles. The molecule has 3 nitrogen and oxygen atoms in total. The first-order valence-corrected chi connectivity index (χ1v) is 10.5. The number of aryl methyl sites for hydroxylation is 1. The Balaban J connectivity index is 1.86. The van der Waals surface area contributed by atoms with Crippen LogP contribution in [0.15, 0.2) is 95.0 Å². The Kier molecular flexibility index (Phi) is 5.89. The maximum atomic E-state index is 13.1. The van der Waals surface area contributed by atoms with Crippen molar-refractivity contribution in [1.29, 1.82) is 0 Å². The van der Waals surface area contributed by atoms with Crippen molar-refractivity contribution < 1.29 is 8.42 Å². The van der Waals surface area contributed by atoms with E-state index in [9.17, 15) is 8.42 Å². The van der Waals surface area contributed by atoms with Crippen LogP contribution in [0, 0.1) is 0 Å². The zero-order chi connectivity index (χ0) is 17.5. The maximum Gasteiger partial charge on any atom is 0.190 e. The summed E-state index contributed by atoms with van der Waals surface area (Å²) in [5.41, 5.74) is 1.14. The van der Waals surface area contributed by atoms with Crippen LogP contribution in [-0.2, 0) is 16.3 Å². The summed E-state index contributed by atoms with van der Waals surface area (Å²) in [6, 6.07) is 24.2.